The van der Waals surface area contributed by atoms with Gasteiger partial charge in [-0.05, 0) is 25.1 Å². The number of nitrogens with one attached hydrogen (secondary N) is 1. The number of nitrogens with zero attached hydrogens (tertiary/aromatic N) is 2. The van der Waals surface area contributed by atoms with Crippen molar-refractivity contribution in [3.8, 4) is 17.2 Å². The molecule has 1 aromatic heterocycles. The number of amides is 1. The molecule has 0 aliphatic carbocycles. The standard InChI is InChI=1S/C19H18ClN3O3/c1-12-14(11-21-23(12)13-7-5-4-6-8-13)19(24)22-16-9-15(20)17(25-2)10-18(16)26-3/h4-11H,1-3H3,(H,22,24). The highest BCUT2D eigenvalue weighted by atomic mass is 35.5. The van der Waals surface area contributed by atoms with Crippen LogP contribution in [0.2, 0.25) is 5.02 Å². The molecule has 1 heterocycles. The molecule has 0 aliphatic heterocycles. The van der Waals surface area contributed by atoms with Gasteiger partial charge >= 0.3 is 0 Å². The van der Waals surface area contributed by atoms with Crippen LogP contribution in [0.5, 0.6) is 11.5 Å². The van der Waals surface area contributed by atoms with E-state index in [0.717, 1.165) is 11.4 Å². The summed E-state index contributed by atoms with van der Waals surface area (Å²) in [5.74, 6) is 0.617. The van der Waals surface area contributed by atoms with Crippen molar-refractivity contribution in [1.82, 2.24) is 9.78 Å². The zero-order valence-electron chi connectivity index (χ0n) is 14.6. The lowest BCUT2D eigenvalue weighted by molar-refractivity contribution is 0.102. The number of methoxy groups -OCH3 is 2. The van der Waals surface area contributed by atoms with E-state index in [1.807, 2.05) is 37.3 Å². The van der Waals surface area contributed by atoms with Crippen LogP contribution in [0.4, 0.5) is 5.69 Å². The molecule has 0 saturated heterocycles. The number of benzene rings is 2. The SMILES string of the molecule is COc1cc(OC)c(NC(=O)c2cnn(-c3ccccc3)c2C)cc1Cl. The molecule has 3 rings (SSSR count). The summed E-state index contributed by atoms with van der Waals surface area (Å²) < 4.78 is 12.2. The Labute approximate surface area is 156 Å². The fraction of sp³-hybridized carbons (Fsp3) is 0.158. The number of carbonyl (C=O) groups is 1. The van der Waals surface area contributed by atoms with Crippen molar-refractivity contribution in [3.05, 3.63) is 64.9 Å². The summed E-state index contributed by atoms with van der Waals surface area (Å²) >= 11 is 6.16. The summed E-state index contributed by atoms with van der Waals surface area (Å²) in [6, 6.07) is 12.8. The third kappa shape index (κ3) is 3.36. The van der Waals surface area contributed by atoms with Gasteiger partial charge in [-0.2, -0.15) is 5.10 Å². The highest BCUT2D eigenvalue weighted by Crippen LogP contribution is 2.36. The van der Waals surface area contributed by atoms with Crippen LogP contribution in [0, 0.1) is 6.92 Å². The fourth-order valence-electron chi connectivity index (χ4n) is 2.61. The normalized spacial score (nSPS) is 10.5. The second kappa shape index (κ2) is 7.49. The topological polar surface area (TPSA) is 65.4 Å². The van der Waals surface area contributed by atoms with E-state index in [9.17, 15) is 4.79 Å². The van der Waals surface area contributed by atoms with Gasteiger partial charge < -0.3 is 14.8 Å². The largest absolute Gasteiger partial charge is 0.495 e. The van der Waals surface area contributed by atoms with Gasteiger partial charge in [-0.25, -0.2) is 4.68 Å². The first-order valence-corrected chi connectivity index (χ1v) is 8.26. The average Bonchev–Trinajstić information content (AvgIpc) is 3.04. The smallest absolute Gasteiger partial charge is 0.259 e. The van der Waals surface area contributed by atoms with Crippen molar-refractivity contribution < 1.29 is 14.3 Å². The molecule has 1 N–H and O–H groups in total. The second-order valence-electron chi connectivity index (χ2n) is 5.53. The Morgan fingerprint density at radius 1 is 1.12 bits per heavy atom. The van der Waals surface area contributed by atoms with Crippen molar-refractivity contribution in [3.63, 3.8) is 0 Å². The quantitative estimate of drug-likeness (QED) is 0.733. The van der Waals surface area contributed by atoms with E-state index in [2.05, 4.69) is 10.4 Å². The van der Waals surface area contributed by atoms with E-state index in [1.54, 1.807) is 16.8 Å². The van der Waals surface area contributed by atoms with Crippen molar-refractivity contribution in [1.29, 1.82) is 0 Å². The minimum Gasteiger partial charge on any atom is -0.495 e. The predicted octanol–water partition coefficient (Wildman–Crippen LogP) is 4.10. The van der Waals surface area contributed by atoms with E-state index < -0.39 is 0 Å². The number of ether oxygens (including phenoxy) is 2. The third-order valence-electron chi connectivity index (χ3n) is 3.98. The molecule has 0 radical (unpaired) electrons. The lowest BCUT2D eigenvalue weighted by Crippen LogP contribution is -2.14. The Morgan fingerprint density at radius 2 is 1.81 bits per heavy atom. The van der Waals surface area contributed by atoms with Crippen LogP contribution in [0.3, 0.4) is 0 Å². The van der Waals surface area contributed by atoms with E-state index in [4.69, 9.17) is 21.1 Å². The molecule has 0 bridgehead atoms. The molecule has 0 spiro atoms. The Balaban J connectivity index is 1.90. The van der Waals surface area contributed by atoms with E-state index in [1.165, 1.54) is 20.4 Å². The molecule has 1 amide bonds. The Morgan fingerprint density at radius 3 is 2.46 bits per heavy atom. The van der Waals surface area contributed by atoms with Crippen LogP contribution in [-0.2, 0) is 0 Å². The molecule has 6 nitrogen and oxygen atoms in total. The number of rotatable bonds is 5. The van der Waals surface area contributed by atoms with Gasteiger partial charge in [0.05, 0.1) is 48.1 Å². The molecular weight excluding hydrogens is 354 g/mol. The van der Waals surface area contributed by atoms with Crippen LogP contribution in [0.1, 0.15) is 16.1 Å². The number of hydrogen-bond acceptors (Lipinski definition) is 4. The van der Waals surface area contributed by atoms with Crippen LogP contribution in [0.15, 0.2) is 48.7 Å². The highest BCUT2D eigenvalue weighted by Gasteiger charge is 2.18. The van der Waals surface area contributed by atoms with Gasteiger partial charge in [0.15, 0.2) is 0 Å². The summed E-state index contributed by atoms with van der Waals surface area (Å²) in [6.07, 6.45) is 1.54. The van der Waals surface area contributed by atoms with Gasteiger partial charge in [0.1, 0.15) is 11.5 Å². The number of aromatic nitrogens is 2. The van der Waals surface area contributed by atoms with Crippen molar-refractivity contribution >= 4 is 23.2 Å². The number of carbonyl (C=O) groups excluding carboxylic acids is 1. The van der Waals surface area contributed by atoms with Gasteiger partial charge in [-0.15, -0.1) is 0 Å². The minimum absolute atomic E-state index is 0.302. The maximum absolute atomic E-state index is 12.7. The molecule has 0 unspecified atom stereocenters. The predicted molar refractivity (Wildman–Crippen MR) is 101 cm³/mol. The molecule has 26 heavy (non-hydrogen) atoms. The monoisotopic (exact) mass is 371 g/mol. The summed E-state index contributed by atoms with van der Waals surface area (Å²) in [5, 5.41) is 7.51. The van der Waals surface area contributed by atoms with Crippen LogP contribution in [-0.4, -0.2) is 29.9 Å². The van der Waals surface area contributed by atoms with Gasteiger partial charge in [-0.1, -0.05) is 29.8 Å². The fourth-order valence-corrected chi connectivity index (χ4v) is 2.85. The summed E-state index contributed by atoms with van der Waals surface area (Å²) in [6.45, 7) is 1.84. The summed E-state index contributed by atoms with van der Waals surface area (Å²) in [4.78, 5) is 12.7. The molecule has 2 aromatic carbocycles. The van der Waals surface area contributed by atoms with E-state index in [0.29, 0.717) is 27.8 Å². The Hall–Kier alpha value is -2.99. The van der Waals surface area contributed by atoms with Gasteiger partial charge in [-0.3, -0.25) is 4.79 Å². The Bertz CT molecular complexity index is 939. The molecule has 7 heteroatoms. The minimum atomic E-state index is -0.302. The molecule has 3 aromatic rings. The lowest BCUT2D eigenvalue weighted by Gasteiger charge is -2.13. The molecule has 0 saturated carbocycles. The van der Waals surface area contributed by atoms with E-state index in [-0.39, 0.29) is 5.91 Å². The first-order valence-electron chi connectivity index (χ1n) is 7.88. The average molecular weight is 372 g/mol. The number of halogens is 1. The van der Waals surface area contributed by atoms with E-state index >= 15 is 0 Å². The highest BCUT2D eigenvalue weighted by molar-refractivity contribution is 6.32. The van der Waals surface area contributed by atoms with Crippen LogP contribution in [0.25, 0.3) is 5.69 Å². The molecule has 0 fully saturated rings. The van der Waals surface area contributed by atoms with Gasteiger partial charge in [0.25, 0.3) is 5.91 Å². The number of hydrogen-bond donors (Lipinski definition) is 1. The lowest BCUT2D eigenvalue weighted by atomic mass is 10.2. The zero-order valence-corrected chi connectivity index (χ0v) is 15.4. The zero-order chi connectivity index (χ0) is 18.7. The number of anilines is 1. The Kier molecular flexibility index (Phi) is 5.14. The van der Waals surface area contributed by atoms with Gasteiger partial charge in [0.2, 0.25) is 0 Å². The first kappa shape index (κ1) is 17.8. The first-order chi connectivity index (χ1) is 12.5. The molecule has 134 valence electrons. The van der Waals surface area contributed by atoms with Gasteiger partial charge in [0, 0.05) is 6.07 Å². The summed E-state index contributed by atoms with van der Waals surface area (Å²) in [7, 11) is 3.03. The van der Waals surface area contributed by atoms with Crippen LogP contribution >= 0.6 is 11.6 Å². The molecular formula is C19H18ClN3O3. The van der Waals surface area contributed by atoms with Crippen molar-refractivity contribution in [2.75, 3.05) is 19.5 Å². The maximum atomic E-state index is 12.7. The molecule has 0 aliphatic rings. The second-order valence-corrected chi connectivity index (χ2v) is 5.94. The summed E-state index contributed by atoms with van der Waals surface area (Å²) in [5.41, 5.74) is 2.53. The van der Waals surface area contributed by atoms with Crippen molar-refractivity contribution in [2.24, 2.45) is 0 Å². The van der Waals surface area contributed by atoms with Crippen molar-refractivity contribution in [2.45, 2.75) is 6.92 Å². The maximum Gasteiger partial charge on any atom is 0.259 e. The van der Waals surface area contributed by atoms with Crippen LogP contribution < -0.4 is 14.8 Å². The molecule has 0 atom stereocenters. The third-order valence-corrected chi connectivity index (χ3v) is 4.27. The number of para-hydroxylation sites is 1.